The van der Waals surface area contributed by atoms with Gasteiger partial charge in [0.25, 0.3) is 0 Å². The van der Waals surface area contributed by atoms with Gasteiger partial charge in [0.2, 0.25) is 0 Å². The molecule has 1 aliphatic carbocycles. The van der Waals surface area contributed by atoms with Gasteiger partial charge in [0, 0.05) is 5.54 Å². The molecule has 0 unspecified atom stereocenters. The van der Waals surface area contributed by atoms with E-state index in [1.807, 2.05) is 20.8 Å². The molecule has 94 valence electrons. The summed E-state index contributed by atoms with van der Waals surface area (Å²) in [4.78, 5) is 11.5. The van der Waals surface area contributed by atoms with E-state index < -0.39 is 11.5 Å². The minimum Gasteiger partial charge on any atom is -0.480 e. The van der Waals surface area contributed by atoms with Gasteiger partial charge in [-0.3, -0.25) is 10.1 Å². The zero-order valence-electron chi connectivity index (χ0n) is 11.0. The third kappa shape index (κ3) is 3.21. The summed E-state index contributed by atoms with van der Waals surface area (Å²) < 4.78 is 0. The Kier molecular flexibility index (Phi) is 4.00. The van der Waals surface area contributed by atoms with E-state index in [1.54, 1.807) is 0 Å². The van der Waals surface area contributed by atoms with Crippen LogP contribution in [0.2, 0.25) is 0 Å². The van der Waals surface area contributed by atoms with Crippen LogP contribution in [-0.4, -0.2) is 22.2 Å². The maximum absolute atomic E-state index is 11.5. The molecule has 0 aromatic heterocycles. The maximum atomic E-state index is 11.5. The first-order valence-corrected chi connectivity index (χ1v) is 6.32. The smallest absolute Gasteiger partial charge is 0.323 e. The van der Waals surface area contributed by atoms with Crippen LogP contribution in [0, 0.1) is 5.92 Å². The van der Waals surface area contributed by atoms with Crippen LogP contribution in [-0.2, 0) is 4.79 Å². The van der Waals surface area contributed by atoms with Crippen molar-refractivity contribution >= 4 is 5.97 Å². The summed E-state index contributed by atoms with van der Waals surface area (Å²) in [6.07, 6.45) is 4.76. The van der Waals surface area contributed by atoms with Gasteiger partial charge in [-0.1, -0.05) is 13.3 Å². The Bertz CT molecular complexity index is 247. The molecule has 16 heavy (non-hydrogen) atoms. The topological polar surface area (TPSA) is 49.3 Å². The molecule has 0 aromatic carbocycles. The Morgan fingerprint density at radius 1 is 1.38 bits per heavy atom. The normalized spacial score (nSPS) is 31.4. The van der Waals surface area contributed by atoms with E-state index in [9.17, 15) is 9.90 Å². The zero-order chi connectivity index (χ0) is 12.4. The number of hydrogen-bond donors (Lipinski definition) is 2. The number of aliphatic carboxylic acids is 1. The number of carboxylic acids is 1. The summed E-state index contributed by atoms with van der Waals surface area (Å²) in [7, 11) is 0. The zero-order valence-corrected chi connectivity index (χ0v) is 11.0. The molecule has 0 spiro atoms. The second-order valence-electron chi connectivity index (χ2n) is 6.11. The monoisotopic (exact) mass is 227 g/mol. The van der Waals surface area contributed by atoms with E-state index in [0.717, 1.165) is 25.7 Å². The van der Waals surface area contributed by atoms with Gasteiger partial charge in [0.15, 0.2) is 0 Å². The fraction of sp³-hybridized carbons (Fsp3) is 0.923. The number of rotatable bonds is 3. The van der Waals surface area contributed by atoms with Crippen LogP contribution in [0.25, 0.3) is 0 Å². The van der Waals surface area contributed by atoms with Gasteiger partial charge < -0.3 is 5.11 Å². The predicted octanol–water partition coefficient (Wildman–Crippen LogP) is 2.80. The van der Waals surface area contributed by atoms with Crippen LogP contribution in [0.5, 0.6) is 0 Å². The Balaban J connectivity index is 2.73. The molecule has 2 N–H and O–H groups in total. The molecule has 0 heterocycles. The van der Waals surface area contributed by atoms with Crippen molar-refractivity contribution in [1.82, 2.24) is 5.32 Å². The van der Waals surface area contributed by atoms with Crippen molar-refractivity contribution in [3.63, 3.8) is 0 Å². The van der Waals surface area contributed by atoms with Gasteiger partial charge >= 0.3 is 5.97 Å². The van der Waals surface area contributed by atoms with Gasteiger partial charge in [0.1, 0.15) is 5.54 Å². The lowest BCUT2D eigenvalue weighted by Crippen LogP contribution is -2.60. The summed E-state index contributed by atoms with van der Waals surface area (Å²) in [5.74, 6) is 0.0335. The highest BCUT2D eigenvalue weighted by Gasteiger charge is 2.43. The predicted molar refractivity (Wildman–Crippen MR) is 65.5 cm³/mol. The minimum atomic E-state index is -0.691. The van der Waals surface area contributed by atoms with E-state index in [1.165, 1.54) is 6.42 Å². The van der Waals surface area contributed by atoms with E-state index in [4.69, 9.17) is 0 Å². The molecule has 0 atom stereocenters. The minimum absolute atomic E-state index is 0.141. The molecular weight excluding hydrogens is 202 g/mol. The Hall–Kier alpha value is -0.570. The molecular formula is C13H25NO2. The van der Waals surface area contributed by atoms with E-state index >= 15 is 0 Å². The average Bonchev–Trinajstić information content (AvgIpc) is 2.16. The molecule has 1 saturated carbocycles. The average molecular weight is 227 g/mol. The molecule has 1 rings (SSSR count). The lowest BCUT2D eigenvalue weighted by atomic mass is 9.74. The standard InChI is InChI=1S/C13H25NO2/c1-5-10-6-8-13(9-7-10,11(15)16)14-12(2,3)4/h10,14H,5-9H2,1-4H3,(H,15,16). The highest BCUT2D eigenvalue weighted by molar-refractivity contribution is 5.79. The molecule has 3 nitrogen and oxygen atoms in total. The van der Waals surface area contributed by atoms with Crippen molar-refractivity contribution in [3.8, 4) is 0 Å². The molecule has 0 saturated heterocycles. The van der Waals surface area contributed by atoms with Gasteiger partial charge in [-0.25, -0.2) is 0 Å². The van der Waals surface area contributed by atoms with Crippen LogP contribution in [0.4, 0.5) is 0 Å². The van der Waals surface area contributed by atoms with Crippen LogP contribution in [0.1, 0.15) is 59.8 Å². The molecule has 0 amide bonds. The SMILES string of the molecule is CCC1CCC(NC(C)(C)C)(C(=O)O)CC1. The first-order valence-electron chi connectivity index (χ1n) is 6.32. The molecule has 1 fully saturated rings. The molecule has 0 bridgehead atoms. The Morgan fingerprint density at radius 3 is 2.19 bits per heavy atom. The number of carbonyl (C=O) groups is 1. The largest absolute Gasteiger partial charge is 0.480 e. The van der Waals surface area contributed by atoms with Crippen LogP contribution in [0.15, 0.2) is 0 Å². The van der Waals surface area contributed by atoms with Gasteiger partial charge in [0.05, 0.1) is 0 Å². The Morgan fingerprint density at radius 2 is 1.88 bits per heavy atom. The maximum Gasteiger partial charge on any atom is 0.323 e. The number of nitrogens with one attached hydrogen (secondary N) is 1. The van der Waals surface area contributed by atoms with Crippen molar-refractivity contribution in [1.29, 1.82) is 0 Å². The summed E-state index contributed by atoms with van der Waals surface area (Å²) in [6.45, 7) is 8.28. The fourth-order valence-corrected chi connectivity index (χ4v) is 2.69. The van der Waals surface area contributed by atoms with Crippen LogP contribution in [0.3, 0.4) is 0 Å². The summed E-state index contributed by atoms with van der Waals surface area (Å²) >= 11 is 0. The van der Waals surface area contributed by atoms with Crippen LogP contribution < -0.4 is 5.32 Å². The van der Waals surface area contributed by atoms with Crippen LogP contribution >= 0.6 is 0 Å². The first-order chi connectivity index (χ1) is 7.29. The lowest BCUT2D eigenvalue weighted by molar-refractivity contribution is -0.148. The number of hydrogen-bond acceptors (Lipinski definition) is 2. The molecule has 0 aromatic rings. The highest BCUT2D eigenvalue weighted by atomic mass is 16.4. The van der Waals surface area contributed by atoms with Crippen molar-refractivity contribution in [2.45, 2.75) is 70.9 Å². The molecule has 0 radical (unpaired) electrons. The number of carboxylic acid groups (broad SMARTS) is 1. The molecule has 1 aliphatic rings. The fourth-order valence-electron chi connectivity index (χ4n) is 2.69. The van der Waals surface area contributed by atoms with Gasteiger partial charge in [-0.2, -0.15) is 0 Å². The third-order valence-corrected chi connectivity index (χ3v) is 3.56. The van der Waals surface area contributed by atoms with E-state index in [2.05, 4.69) is 12.2 Å². The summed E-state index contributed by atoms with van der Waals surface area (Å²) in [6, 6.07) is 0. The summed E-state index contributed by atoms with van der Waals surface area (Å²) in [5.41, 5.74) is -0.832. The quantitative estimate of drug-likeness (QED) is 0.779. The highest BCUT2D eigenvalue weighted by Crippen LogP contribution is 2.35. The third-order valence-electron chi connectivity index (χ3n) is 3.56. The van der Waals surface area contributed by atoms with Crippen molar-refractivity contribution in [2.24, 2.45) is 5.92 Å². The van der Waals surface area contributed by atoms with Crippen molar-refractivity contribution < 1.29 is 9.90 Å². The first kappa shape index (κ1) is 13.5. The second-order valence-corrected chi connectivity index (χ2v) is 6.11. The van der Waals surface area contributed by atoms with E-state index in [-0.39, 0.29) is 5.54 Å². The van der Waals surface area contributed by atoms with Crippen molar-refractivity contribution in [2.75, 3.05) is 0 Å². The molecule has 0 aliphatic heterocycles. The lowest BCUT2D eigenvalue weighted by Gasteiger charge is -2.41. The van der Waals surface area contributed by atoms with E-state index in [0.29, 0.717) is 5.92 Å². The Labute approximate surface area is 98.6 Å². The van der Waals surface area contributed by atoms with Crippen molar-refractivity contribution in [3.05, 3.63) is 0 Å². The summed E-state index contributed by atoms with van der Waals surface area (Å²) in [5, 5.41) is 12.8. The second kappa shape index (κ2) is 4.74. The van der Waals surface area contributed by atoms with Gasteiger partial charge in [-0.15, -0.1) is 0 Å². The van der Waals surface area contributed by atoms with Gasteiger partial charge in [-0.05, 0) is 52.4 Å². The molecule has 3 heteroatoms.